The smallest absolute Gasteiger partial charge is 0.219 e. The molecule has 76 valence electrons. The molecule has 0 aliphatic rings. The summed E-state index contributed by atoms with van der Waals surface area (Å²) in [4.78, 5) is 10.5. The van der Waals surface area contributed by atoms with Gasteiger partial charge in [0, 0.05) is 22.2 Å². The van der Waals surface area contributed by atoms with E-state index in [-0.39, 0.29) is 5.91 Å². The number of primary amides is 1. The quantitative estimate of drug-likeness (QED) is 0.835. The highest BCUT2D eigenvalue weighted by Gasteiger charge is 1.99. The fourth-order valence-corrected chi connectivity index (χ4v) is 1.60. The number of hydrogen-bond acceptors (Lipinski definition) is 2. The minimum Gasteiger partial charge on any atom is -0.384 e. The molecular weight excluding hydrogens is 291 g/mol. The SMILES string of the molecule is Cc1ccc(I)cc1NCCC(N)=O. The van der Waals surface area contributed by atoms with E-state index in [0.717, 1.165) is 5.69 Å². The van der Waals surface area contributed by atoms with Crippen molar-refractivity contribution in [3.63, 3.8) is 0 Å². The molecule has 1 aromatic carbocycles. The predicted octanol–water partition coefficient (Wildman–Crippen LogP) is 1.89. The van der Waals surface area contributed by atoms with Crippen molar-refractivity contribution in [2.24, 2.45) is 5.73 Å². The standard InChI is InChI=1S/C10H13IN2O/c1-7-2-3-8(11)6-9(7)13-5-4-10(12)14/h2-3,6,13H,4-5H2,1H3,(H2,12,14). The van der Waals surface area contributed by atoms with Crippen LogP contribution in [-0.4, -0.2) is 12.5 Å². The summed E-state index contributed by atoms with van der Waals surface area (Å²) in [7, 11) is 0. The first-order valence-electron chi connectivity index (χ1n) is 4.38. The van der Waals surface area contributed by atoms with E-state index in [9.17, 15) is 4.79 Å². The third-order valence-electron chi connectivity index (χ3n) is 1.89. The Morgan fingerprint density at radius 3 is 2.93 bits per heavy atom. The molecule has 4 heteroatoms. The number of nitrogens with two attached hydrogens (primary N) is 1. The van der Waals surface area contributed by atoms with Crippen LogP contribution in [0.25, 0.3) is 0 Å². The number of benzene rings is 1. The lowest BCUT2D eigenvalue weighted by atomic mass is 10.2. The van der Waals surface area contributed by atoms with Crippen LogP contribution in [0.4, 0.5) is 5.69 Å². The zero-order valence-electron chi connectivity index (χ0n) is 8.01. The van der Waals surface area contributed by atoms with Crippen molar-refractivity contribution in [3.8, 4) is 0 Å². The summed E-state index contributed by atoms with van der Waals surface area (Å²) in [5.41, 5.74) is 7.29. The highest BCUT2D eigenvalue weighted by atomic mass is 127. The Labute approximate surface area is 97.2 Å². The number of hydrogen-bond donors (Lipinski definition) is 2. The van der Waals surface area contributed by atoms with E-state index in [2.05, 4.69) is 40.0 Å². The van der Waals surface area contributed by atoms with Gasteiger partial charge in [0.1, 0.15) is 0 Å². The van der Waals surface area contributed by atoms with Gasteiger partial charge in [-0.15, -0.1) is 0 Å². The Bertz CT molecular complexity index is 339. The fraction of sp³-hybridized carbons (Fsp3) is 0.300. The zero-order chi connectivity index (χ0) is 10.6. The molecule has 0 saturated heterocycles. The Balaban J connectivity index is 2.57. The van der Waals surface area contributed by atoms with Gasteiger partial charge in [0.25, 0.3) is 0 Å². The fourth-order valence-electron chi connectivity index (χ4n) is 1.11. The first kappa shape index (κ1) is 11.3. The second-order valence-electron chi connectivity index (χ2n) is 3.10. The second-order valence-corrected chi connectivity index (χ2v) is 4.35. The highest BCUT2D eigenvalue weighted by Crippen LogP contribution is 2.17. The van der Waals surface area contributed by atoms with E-state index < -0.39 is 0 Å². The molecule has 0 aliphatic carbocycles. The van der Waals surface area contributed by atoms with Crippen LogP contribution in [0.15, 0.2) is 18.2 Å². The molecule has 1 aromatic rings. The summed E-state index contributed by atoms with van der Waals surface area (Å²) in [5, 5.41) is 3.18. The van der Waals surface area contributed by atoms with E-state index in [1.165, 1.54) is 9.13 Å². The van der Waals surface area contributed by atoms with Gasteiger partial charge in [0.2, 0.25) is 5.91 Å². The normalized spacial score (nSPS) is 9.86. The summed E-state index contributed by atoms with van der Waals surface area (Å²) < 4.78 is 1.18. The lowest BCUT2D eigenvalue weighted by Gasteiger charge is -2.08. The van der Waals surface area contributed by atoms with Gasteiger partial charge in [0.05, 0.1) is 0 Å². The topological polar surface area (TPSA) is 55.1 Å². The molecule has 0 spiro atoms. The molecule has 0 atom stereocenters. The predicted molar refractivity (Wildman–Crippen MR) is 66.2 cm³/mol. The molecule has 1 amide bonds. The van der Waals surface area contributed by atoms with Crippen LogP contribution in [-0.2, 0) is 4.79 Å². The Morgan fingerprint density at radius 2 is 2.29 bits per heavy atom. The zero-order valence-corrected chi connectivity index (χ0v) is 10.2. The average Bonchev–Trinajstić information content (AvgIpc) is 2.10. The molecule has 0 aromatic heterocycles. The number of halogens is 1. The van der Waals surface area contributed by atoms with Crippen molar-refractivity contribution in [3.05, 3.63) is 27.3 Å². The van der Waals surface area contributed by atoms with E-state index in [4.69, 9.17) is 5.73 Å². The molecule has 0 heterocycles. The van der Waals surface area contributed by atoms with Crippen molar-refractivity contribution >= 4 is 34.2 Å². The maximum atomic E-state index is 10.5. The molecule has 0 saturated carbocycles. The molecule has 1 rings (SSSR count). The Morgan fingerprint density at radius 1 is 1.57 bits per heavy atom. The second kappa shape index (κ2) is 5.19. The van der Waals surface area contributed by atoms with Crippen LogP contribution in [0.3, 0.4) is 0 Å². The van der Waals surface area contributed by atoms with Gasteiger partial charge in [-0.2, -0.15) is 0 Å². The van der Waals surface area contributed by atoms with Gasteiger partial charge < -0.3 is 11.1 Å². The largest absolute Gasteiger partial charge is 0.384 e. The van der Waals surface area contributed by atoms with Gasteiger partial charge in [-0.05, 0) is 47.2 Å². The van der Waals surface area contributed by atoms with Crippen molar-refractivity contribution in [1.82, 2.24) is 0 Å². The van der Waals surface area contributed by atoms with Crippen molar-refractivity contribution in [1.29, 1.82) is 0 Å². The van der Waals surface area contributed by atoms with Crippen molar-refractivity contribution in [2.75, 3.05) is 11.9 Å². The van der Waals surface area contributed by atoms with Crippen LogP contribution in [0.2, 0.25) is 0 Å². The molecule has 3 N–H and O–H groups in total. The summed E-state index contributed by atoms with van der Waals surface area (Å²) in [5.74, 6) is -0.277. The van der Waals surface area contributed by atoms with E-state index >= 15 is 0 Å². The van der Waals surface area contributed by atoms with Crippen LogP contribution in [0.1, 0.15) is 12.0 Å². The third kappa shape index (κ3) is 3.53. The summed E-state index contributed by atoms with van der Waals surface area (Å²) in [6.07, 6.45) is 0.366. The van der Waals surface area contributed by atoms with Crippen molar-refractivity contribution < 1.29 is 4.79 Å². The average molecular weight is 304 g/mol. The minimum atomic E-state index is -0.277. The lowest BCUT2D eigenvalue weighted by molar-refractivity contribution is -0.117. The summed E-state index contributed by atoms with van der Waals surface area (Å²) in [6, 6.07) is 6.15. The van der Waals surface area contributed by atoms with E-state index in [0.29, 0.717) is 13.0 Å². The van der Waals surface area contributed by atoms with Crippen LogP contribution < -0.4 is 11.1 Å². The molecule has 0 fully saturated rings. The molecule has 0 bridgehead atoms. The molecule has 0 aliphatic heterocycles. The van der Waals surface area contributed by atoms with E-state index in [1.807, 2.05) is 13.0 Å². The molecule has 14 heavy (non-hydrogen) atoms. The third-order valence-corrected chi connectivity index (χ3v) is 2.56. The number of carbonyl (C=O) groups excluding carboxylic acids is 1. The molecule has 0 radical (unpaired) electrons. The maximum absolute atomic E-state index is 10.5. The van der Waals surface area contributed by atoms with Crippen LogP contribution in [0.5, 0.6) is 0 Å². The monoisotopic (exact) mass is 304 g/mol. The Hall–Kier alpha value is -0.780. The van der Waals surface area contributed by atoms with Gasteiger partial charge in [0.15, 0.2) is 0 Å². The first-order chi connectivity index (χ1) is 6.59. The highest BCUT2D eigenvalue weighted by molar-refractivity contribution is 14.1. The number of nitrogens with one attached hydrogen (secondary N) is 1. The Kier molecular flexibility index (Phi) is 4.19. The van der Waals surface area contributed by atoms with Gasteiger partial charge in [-0.1, -0.05) is 6.07 Å². The van der Waals surface area contributed by atoms with Gasteiger partial charge in [-0.3, -0.25) is 4.79 Å². The van der Waals surface area contributed by atoms with Gasteiger partial charge >= 0.3 is 0 Å². The van der Waals surface area contributed by atoms with Crippen LogP contribution in [0, 0.1) is 10.5 Å². The minimum absolute atomic E-state index is 0.277. The molecule has 0 unspecified atom stereocenters. The molecular formula is C10H13IN2O. The first-order valence-corrected chi connectivity index (χ1v) is 5.46. The van der Waals surface area contributed by atoms with Crippen LogP contribution >= 0.6 is 22.6 Å². The van der Waals surface area contributed by atoms with Gasteiger partial charge in [-0.25, -0.2) is 0 Å². The number of carbonyl (C=O) groups is 1. The maximum Gasteiger partial charge on any atom is 0.219 e. The lowest BCUT2D eigenvalue weighted by Crippen LogP contribution is -2.16. The summed E-state index contributed by atoms with van der Waals surface area (Å²) >= 11 is 2.26. The summed E-state index contributed by atoms with van der Waals surface area (Å²) in [6.45, 7) is 2.62. The number of amides is 1. The number of rotatable bonds is 4. The van der Waals surface area contributed by atoms with E-state index in [1.54, 1.807) is 0 Å². The number of aryl methyl sites for hydroxylation is 1. The van der Waals surface area contributed by atoms with Crippen molar-refractivity contribution in [2.45, 2.75) is 13.3 Å². The number of anilines is 1. The molecule has 3 nitrogen and oxygen atoms in total.